The average molecular weight is 353 g/mol. The fourth-order valence-electron chi connectivity index (χ4n) is 3.06. The number of aromatic nitrogens is 1. The van der Waals surface area contributed by atoms with Crippen molar-refractivity contribution in [2.24, 2.45) is 5.92 Å². The van der Waals surface area contributed by atoms with Crippen molar-refractivity contribution in [2.45, 2.75) is 44.2 Å². The number of rotatable bonds is 3. The van der Waals surface area contributed by atoms with Crippen molar-refractivity contribution in [3.05, 3.63) is 28.5 Å². The fraction of sp³-hybridized carbons (Fsp3) is 0.533. The number of carbonyl (C=O) groups excluding carboxylic acids is 1. The van der Waals surface area contributed by atoms with Crippen molar-refractivity contribution < 1.29 is 14.7 Å². The van der Waals surface area contributed by atoms with Crippen LogP contribution < -0.4 is 0 Å². The molecule has 0 spiro atoms. The van der Waals surface area contributed by atoms with E-state index in [9.17, 15) is 14.7 Å². The van der Waals surface area contributed by atoms with Gasteiger partial charge in [0.2, 0.25) is 5.91 Å². The van der Waals surface area contributed by atoms with Gasteiger partial charge in [-0.2, -0.15) is 0 Å². The number of carboxylic acid groups (broad SMARTS) is 1. The standard InChI is InChI=1S/C15H17BrN2O3/c16-9-4-7-12(17-8-9)14-11(15(20)21)2-1-3-13(19)18(14)10-5-6-10/h4,7-8,10-11,14H,1-3,5-6H2,(H,20,21). The lowest BCUT2D eigenvalue weighted by molar-refractivity contribution is -0.146. The number of aliphatic carboxylic acids is 1. The van der Waals surface area contributed by atoms with E-state index < -0.39 is 17.9 Å². The van der Waals surface area contributed by atoms with Crippen LogP contribution in [0.5, 0.6) is 0 Å². The summed E-state index contributed by atoms with van der Waals surface area (Å²) in [6, 6.07) is 3.41. The van der Waals surface area contributed by atoms with E-state index in [0.717, 1.165) is 17.3 Å². The van der Waals surface area contributed by atoms with Crippen LogP contribution in [0.15, 0.2) is 22.8 Å². The van der Waals surface area contributed by atoms with E-state index in [1.807, 2.05) is 12.1 Å². The summed E-state index contributed by atoms with van der Waals surface area (Å²) in [6.07, 6.45) is 5.18. The second-order valence-electron chi connectivity index (χ2n) is 5.72. The van der Waals surface area contributed by atoms with Gasteiger partial charge in [0.05, 0.1) is 17.7 Å². The summed E-state index contributed by atoms with van der Waals surface area (Å²) in [6.45, 7) is 0. The van der Waals surface area contributed by atoms with E-state index in [4.69, 9.17) is 0 Å². The molecule has 1 aromatic rings. The Balaban J connectivity index is 2.03. The first kappa shape index (κ1) is 14.5. The maximum absolute atomic E-state index is 12.4. The molecule has 1 amide bonds. The van der Waals surface area contributed by atoms with Crippen molar-refractivity contribution in [1.82, 2.24) is 9.88 Å². The highest BCUT2D eigenvalue weighted by Gasteiger charge is 2.45. The number of hydrogen-bond donors (Lipinski definition) is 1. The van der Waals surface area contributed by atoms with Crippen LogP contribution in [0.2, 0.25) is 0 Å². The second kappa shape index (κ2) is 5.75. The van der Waals surface area contributed by atoms with Crippen LogP contribution in [-0.2, 0) is 9.59 Å². The van der Waals surface area contributed by atoms with Gasteiger partial charge in [-0.25, -0.2) is 0 Å². The van der Waals surface area contributed by atoms with Gasteiger partial charge in [-0.1, -0.05) is 0 Å². The second-order valence-corrected chi connectivity index (χ2v) is 6.63. The molecule has 21 heavy (non-hydrogen) atoms. The number of nitrogens with zero attached hydrogens (tertiary/aromatic N) is 2. The molecular formula is C15H17BrN2O3. The zero-order valence-corrected chi connectivity index (χ0v) is 13.1. The van der Waals surface area contributed by atoms with Crippen molar-refractivity contribution >= 4 is 27.8 Å². The van der Waals surface area contributed by atoms with E-state index in [-0.39, 0.29) is 11.9 Å². The number of carbonyl (C=O) groups is 2. The van der Waals surface area contributed by atoms with Crippen LogP contribution in [0.3, 0.4) is 0 Å². The number of likely N-dealkylation sites (tertiary alicyclic amines) is 1. The van der Waals surface area contributed by atoms with Gasteiger partial charge in [-0.15, -0.1) is 0 Å². The Hall–Kier alpha value is -1.43. The topological polar surface area (TPSA) is 70.5 Å². The highest BCUT2D eigenvalue weighted by molar-refractivity contribution is 9.10. The van der Waals surface area contributed by atoms with Crippen molar-refractivity contribution in [3.63, 3.8) is 0 Å². The van der Waals surface area contributed by atoms with Crippen molar-refractivity contribution in [2.75, 3.05) is 0 Å². The molecule has 5 nitrogen and oxygen atoms in total. The molecule has 1 aliphatic carbocycles. The van der Waals surface area contributed by atoms with E-state index in [1.54, 1.807) is 11.1 Å². The third-order valence-corrected chi connectivity index (χ3v) is 4.65. The van der Waals surface area contributed by atoms with Crippen LogP contribution in [0.25, 0.3) is 0 Å². The molecule has 0 bridgehead atoms. The highest BCUT2D eigenvalue weighted by atomic mass is 79.9. The monoisotopic (exact) mass is 352 g/mol. The van der Waals surface area contributed by atoms with Gasteiger partial charge < -0.3 is 10.0 Å². The molecule has 3 rings (SSSR count). The molecule has 0 radical (unpaired) electrons. The molecule has 0 aromatic carbocycles. The van der Waals surface area contributed by atoms with E-state index in [2.05, 4.69) is 20.9 Å². The largest absolute Gasteiger partial charge is 0.481 e. The summed E-state index contributed by atoms with van der Waals surface area (Å²) in [4.78, 5) is 30.2. The van der Waals surface area contributed by atoms with Crippen molar-refractivity contribution in [3.8, 4) is 0 Å². The van der Waals surface area contributed by atoms with Gasteiger partial charge in [0.15, 0.2) is 0 Å². The van der Waals surface area contributed by atoms with Crippen LogP contribution in [0.4, 0.5) is 0 Å². The summed E-state index contributed by atoms with van der Waals surface area (Å²) < 4.78 is 0.844. The smallest absolute Gasteiger partial charge is 0.309 e. The van der Waals surface area contributed by atoms with E-state index in [1.165, 1.54) is 0 Å². The first-order valence-corrected chi connectivity index (χ1v) is 8.02. The Morgan fingerprint density at radius 1 is 1.33 bits per heavy atom. The summed E-state index contributed by atoms with van der Waals surface area (Å²) >= 11 is 3.34. The summed E-state index contributed by atoms with van der Waals surface area (Å²) in [5, 5.41) is 9.58. The van der Waals surface area contributed by atoms with E-state index in [0.29, 0.717) is 25.0 Å². The van der Waals surface area contributed by atoms with Gasteiger partial charge in [0.1, 0.15) is 0 Å². The molecule has 2 fully saturated rings. The number of halogens is 1. The number of carboxylic acids is 1. The van der Waals surface area contributed by atoms with Crippen LogP contribution in [0, 0.1) is 5.92 Å². The first-order chi connectivity index (χ1) is 10.1. The van der Waals surface area contributed by atoms with Crippen LogP contribution >= 0.6 is 15.9 Å². The minimum atomic E-state index is -0.843. The SMILES string of the molecule is O=C(O)C1CCCC(=O)N(C2CC2)C1c1ccc(Br)cn1. The third-order valence-electron chi connectivity index (χ3n) is 4.19. The maximum Gasteiger partial charge on any atom is 0.309 e. The van der Waals surface area contributed by atoms with Gasteiger partial charge in [0.25, 0.3) is 0 Å². The number of amides is 1. The molecule has 112 valence electrons. The van der Waals surface area contributed by atoms with Gasteiger partial charge >= 0.3 is 5.97 Å². The molecule has 2 atom stereocenters. The Kier molecular flexibility index (Phi) is 3.97. The molecule has 2 aliphatic rings. The zero-order chi connectivity index (χ0) is 15.0. The lowest BCUT2D eigenvalue weighted by Gasteiger charge is -2.33. The van der Waals surface area contributed by atoms with Crippen molar-refractivity contribution in [1.29, 1.82) is 0 Å². The van der Waals surface area contributed by atoms with Gasteiger partial charge in [-0.3, -0.25) is 14.6 Å². The summed E-state index contributed by atoms with van der Waals surface area (Å²) in [5.74, 6) is -1.35. The molecule has 1 N–H and O–H groups in total. The zero-order valence-electron chi connectivity index (χ0n) is 11.5. The molecule has 6 heteroatoms. The van der Waals surface area contributed by atoms with Crippen LogP contribution in [0.1, 0.15) is 43.8 Å². The quantitative estimate of drug-likeness (QED) is 0.907. The van der Waals surface area contributed by atoms with E-state index >= 15 is 0 Å². The molecule has 1 aliphatic heterocycles. The van der Waals surface area contributed by atoms with Gasteiger partial charge in [0, 0.05) is 23.1 Å². The normalized spacial score (nSPS) is 26.5. The molecular weight excluding hydrogens is 336 g/mol. The maximum atomic E-state index is 12.4. The number of hydrogen-bond acceptors (Lipinski definition) is 3. The Labute approximate surface area is 131 Å². The summed E-state index contributed by atoms with van der Waals surface area (Å²) in [5.41, 5.74) is 0.674. The molecule has 1 saturated carbocycles. The fourth-order valence-corrected chi connectivity index (χ4v) is 3.30. The summed E-state index contributed by atoms with van der Waals surface area (Å²) in [7, 11) is 0. The molecule has 2 unspecified atom stereocenters. The minimum absolute atomic E-state index is 0.0657. The van der Waals surface area contributed by atoms with Gasteiger partial charge in [-0.05, 0) is 53.7 Å². The molecule has 1 aromatic heterocycles. The third kappa shape index (κ3) is 2.95. The Morgan fingerprint density at radius 2 is 2.10 bits per heavy atom. The molecule has 2 heterocycles. The lowest BCUT2D eigenvalue weighted by atomic mass is 9.92. The Bertz CT molecular complexity index is 557. The predicted molar refractivity (Wildman–Crippen MR) is 79.5 cm³/mol. The first-order valence-electron chi connectivity index (χ1n) is 7.23. The highest BCUT2D eigenvalue weighted by Crippen LogP contribution is 2.42. The predicted octanol–water partition coefficient (Wildman–Crippen LogP) is 2.76. The minimum Gasteiger partial charge on any atom is -0.481 e. The lowest BCUT2D eigenvalue weighted by Crippen LogP contribution is -2.40. The average Bonchev–Trinajstić information content (AvgIpc) is 3.26. The van der Waals surface area contributed by atoms with Crippen LogP contribution in [-0.4, -0.2) is 32.9 Å². The number of pyridine rings is 1. The Morgan fingerprint density at radius 3 is 2.67 bits per heavy atom. The molecule has 1 saturated heterocycles.